The van der Waals surface area contributed by atoms with Gasteiger partial charge in [0, 0.05) is 32.5 Å². The zero-order valence-corrected chi connectivity index (χ0v) is 10.9. The minimum absolute atomic E-state index is 0.157. The summed E-state index contributed by atoms with van der Waals surface area (Å²) in [6.07, 6.45) is 7.17. The molecule has 0 bridgehead atoms. The fraction of sp³-hybridized carbons (Fsp3) is 0.857. The summed E-state index contributed by atoms with van der Waals surface area (Å²) in [6.45, 7) is 2.51. The lowest BCUT2D eigenvalue weighted by Crippen LogP contribution is -2.44. The number of nitrogens with zero attached hydrogens (tertiary/aromatic N) is 1. The first kappa shape index (κ1) is 12.0. The van der Waals surface area contributed by atoms with Gasteiger partial charge in [-0.05, 0) is 37.0 Å². The molecule has 3 rings (SSSR count). The van der Waals surface area contributed by atoms with E-state index in [4.69, 9.17) is 0 Å². The molecule has 0 unspecified atom stereocenters. The summed E-state index contributed by atoms with van der Waals surface area (Å²) in [5.41, 5.74) is 0.157. The second-order valence-corrected chi connectivity index (χ2v) is 6.34. The van der Waals surface area contributed by atoms with E-state index in [0.29, 0.717) is 18.2 Å². The minimum atomic E-state index is 0.157. The van der Waals surface area contributed by atoms with Crippen molar-refractivity contribution in [3.63, 3.8) is 0 Å². The highest BCUT2D eigenvalue weighted by Crippen LogP contribution is 2.38. The Morgan fingerprint density at radius 1 is 1.33 bits per heavy atom. The van der Waals surface area contributed by atoms with Gasteiger partial charge in [0.05, 0.1) is 0 Å². The first-order chi connectivity index (χ1) is 8.67. The van der Waals surface area contributed by atoms with Crippen LogP contribution < -0.4 is 5.32 Å². The molecule has 1 aliphatic carbocycles. The molecule has 2 aliphatic heterocycles. The van der Waals surface area contributed by atoms with Gasteiger partial charge in [-0.15, -0.1) is 0 Å². The molecule has 1 saturated carbocycles. The van der Waals surface area contributed by atoms with Crippen molar-refractivity contribution in [3.05, 3.63) is 0 Å². The van der Waals surface area contributed by atoms with Crippen molar-refractivity contribution in [2.75, 3.05) is 19.6 Å². The van der Waals surface area contributed by atoms with Crippen LogP contribution in [0.15, 0.2) is 0 Å². The Balaban J connectivity index is 1.50. The van der Waals surface area contributed by atoms with Gasteiger partial charge in [-0.25, -0.2) is 0 Å². The van der Waals surface area contributed by atoms with Gasteiger partial charge in [0.25, 0.3) is 0 Å². The number of hydrogen-bond acceptors (Lipinski definition) is 2. The van der Waals surface area contributed by atoms with Crippen molar-refractivity contribution in [3.8, 4) is 0 Å². The number of carbonyl (C=O) groups is 2. The van der Waals surface area contributed by atoms with Crippen LogP contribution in [0.2, 0.25) is 0 Å². The number of piperidine rings is 1. The van der Waals surface area contributed by atoms with Gasteiger partial charge in [-0.1, -0.05) is 6.42 Å². The summed E-state index contributed by atoms with van der Waals surface area (Å²) in [6, 6.07) is 0. The van der Waals surface area contributed by atoms with Gasteiger partial charge in [0.1, 0.15) is 0 Å². The average Bonchev–Trinajstić information content (AvgIpc) is 2.66. The molecule has 2 saturated heterocycles. The highest BCUT2D eigenvalue weighted by molar-refractivity contribution is 5.79. The molecule has 2 heterocycles. The van der Waals surface area contributed by atoms with Crippen LogP contribution in [0.25, 0.3) is 0 Å². The Bertz CT molecular complexity index is 355. The predicted octanol–water partition coefficient (Wildman–Crippen LogP) is 1.31. The molecule has 0 aromatic rings. The molecule has 1 spiro atoms. The van der Waals surface area contributed by atoms with Crippen molar-refractivity contribution in [1.82, 2.24) is 10.2 Å². The first-order valence-corrected chi connectivity index (χ1v) is 7.21. The van der Waals surface area contributed by atoms with E-state index in [2.05, 4.69) is 5.32 Å². The highest BCUT2D eigenvalue weighted by atomic mass is 16.2. The minimum Gasteiger partial charge on any atom is -0.356 e. The lowest BCUT2D eigenvalue weighted by atomic mass is 9.77. The van der Waals surface area contributed by atoms with Crippen molar-refractivity contribution < 1.29 is 9.59 Å². The molecule has 0 aromatic heterocycles. The zero-order valence-electron chi connectivity index (χ0n) is 10.9. The largest absolute Gasteiger partial charge is 0.356 e. The first-order valence-electron chi connectivity index (χ1n) is 7.21. The third kappa shape index (κ3) is 2.25. The van der Waals surface area contributed by atoms with Crippen molar-refractivity contribution in [1.29, 1.82) is 0 Å². The maximum Gasteiger partial charge on any atom is 0.222 e. The fourth-order valence-electron chi connectivity index (χ4n) is 3.41. The molecule has 3 aliphatic rings. The number of likely N-dealkylation sites (tertiary alicyclic amines) is 1. The van der Waals surface area contributed by atoms with E-state index in [1.807, 2.05) is 4.90 Å². The fourth-order valence-corrected chi connectivity index (χ4v) is 3.41. The van der Waals surface area contributed by atoms with Gasteiger partial charge in [0.2, 0.25) is 11.8 Å². The standard InChI is InChI=1S/C14H22N2O2/c17-12-9-14(10-15-12)4-6-16(7-5-14)13(18)8-11-2-1-3-11/h11H,1-10H2,(H,15,17). The van der Waals surface area contributed by atoms with Crippen LogP contribution in [0.4, 0.5) is 0 Å². The second-order valence-electron chi connectivity index (χ2n) is 6.34. The molecule has 2 amide bonds. The van der Waals surface area contributed by atoms with Crippen LogP contribution in [0.5, 0.6) is 0 Å². The summed E-state index contributed by atoms with van der Waals surface area (Å²) < 4.78 is 0. The quantitative estimate of drug-likeness (QED) is 0.803. The summed E-state index contributed by atoms with van der Waals surface area (Å²) >= 11 is 0. The Morgan fingerprint density at radius 3 is 2.56 bits per heavy atom. The van der Waals surface area contributed by atoms with E-state index in [0.717, 1.165) is 38.9 Å². The molecule has 100 valence electrons. The van der Waals surface area contributed by atoms with Crippen LogP contribution in [0.1, 0.15) is 44.9 Å². The number of carbonyl (C=O) groups excluding carboxylic acids is 2. The second kappa shape index (κ2) is 4.56. The molecule has 3 fully saturated rings. The molecule has 1 N–H and O–H groups in total. The van der Waals surface area contributed by atoms with Crippen molar-refractivity contribution in [2.24, 2.45) is 11.3 Å². The van der Waals surface area contributed by atoms with Crippen LogP contribution >= 0.6 is 0 Å². The number of nitrogens with one attached hydrogen (secondary N) is 1. The molecule has 0 atom stereocenters. The zero-order chi connectivity index (χ0) is 12.6. The van der Waals surface area contributed by atoms with Gasteiger partial charge in [0.15, 0.2) is 0 Å². The van der Waals surface area contributed by atoms with E-state index in [1.165, 1.54) is 19.3 Å². The number of rotatable bonds is 2. The smallest absolute Gasteiger partial charge is 0.222 e. The normalized spacial score (nSPS) is 27.1. The van der Waals surface area contributed by atoms with E-state index in [1.54, 1.807) is 0 Å². The van der Waals surface area contributed by atoms with Gasteiger partial charge in [-0.2, -0.15) is 0 Å². The van der Waals surface area contributed by atoms with Gasteiger partial charge >= 0.3 is 0 Å². The summed E-state index contributed by atoms with van der Waals surface area (Å²) in [5, 5.41) is 2.93. The predicted molar refractivity (Wildman–Crippen MR) is 67.8 cm³/mol. The Kier molecular flexibility index (Phi) is 3.04. The van der Waals surface area contributed by atoms with Crippen molar-refractivity contribution >= 4 is 11.8 Å². The molecular weight excluding hydrogens is 228 g/mol. The third-order valence-electron chi connectivity index (χ3n) is 5.06. The van der Waals surface area contributed by atoms with Crippen LogP contribution in [-0.4, -0.2) is 36.3 Å². The highest BCUT2D eigenvalue weighted by Gasteiger charge is 2.41. The number of amides is 2. The van der Waals surface area contributed by atoms with Crippen LogP contribution in [0.3, 0.4) is 0 Å². The van der Waals surface area contributed by atoms with Crippen LogP contribution in [0, 0.1) is 11.3 Å². The Labute approximate surface area is 108 Å². The van der Waals surface area contributed by atoms with Crippen LogP contribution in [-0.2, 0) is 9.59 Å². The lowest BCUT2D eigenvalue weighted by molar-refractivity contribution is -0.135. The Hall–Kier alpha value is -1.06. The average molecular weight is 250 g/mol. The van der Waals surface area contributed by atoms with E-state index >= 15 is 0 Å². The molecular formula is C14H22N2O2. The molecule has 0 radical (unpaired) electrons. The molecule has 0 aromatic carbocycles. The number of hydrogen-bond donors (Lipinski definition) is 1. The van der Waals surface area contributed by atoms with Gasteiger partial charge in [-0.3, -0.25) is 9.59 Å². The summed E-state index contributed by atoms with van der Waals surface area (Å²) in [5.74, 6) is 1.18. The van der Waals surface area contributed by atoms with Gasteiger partial charge < -0.3 is 10.2 Å². The SMILES string of the molecule is O=C1CC2(CCN(C(=O)CC3CCC3)CC2)CN1. The van der Waals surface area contributed by atoms with E-state index in [9.17, 15) is 9.59 Å². The molecule has 18 heavy (non-hydrogen) atoms. The third-order valence-corrected chi connectivity index (χ3v) is 5.06. The Morgan fingerprint density at radius 2 is 2.06 bits per heavy atom. The monoisotopic (exact) mass is 250 g/mol. The summed E-state index contributed by atoms with van der Waals surface area (Å²) in [7, 11) is 0. The molecule has 4 nitrogen and oxygen atoms in total. The molecule has 4 heteroatoms. The lowest BCUT2D eigenvalue weighted by Gasteiger charge is -2.39. The van der Waals surface area contributed by atoms with E-state index in [-0.39, 0.29) is 11.3 Å². The van der Waals surface area contributed by atoms with E-state index < -0.39 is 0 Å². The summed E-state index contributed by atoms with van der Waals surface area (Å²) in [4.78, 5) is 25.5. The maximum atomic E-state index is 12.1. The van der Waals surface area contributed by atoms with Crippen molar-refractivity contribution in [2.45, 2.75) is 44.9 Å². The topological polar surface area (TPSA) is 49.4 Å². The maximum absolute atomic E-state index is 12.1.